The number of nitrogens with one attached hydrogen (secondary N) is 1. The Kier molecular flexibility index (Phi) is 6.45. The van der Waals surface area contributed by atoms with E-state index in [-0.39, 0.29) is 12.2 Å². The number of rotatable bonds is 6. The van der Waals surface area contributed by atoms with Gasteiger partial charge in [0.15, 0.2) is 0 Å². The third kappa shape index (κ3) is 4.89. The third-order valence-corrected chi connectivity index (χ3v) is 5.05. The molecule has 28 heavy (non-hydrogen) atoms. The standard InChI is InChI=1S/C18H16F3NO5S/c1-2-11-27-17(24)13-3-7-14(8-4-13)22-16(23)12-5-9-15(10-6-12)28(25,26)18(19,20)21/h3-10H,2,11H2,1H3,(H,22,23). The predicted molar refractivity (Wildman–Crippen MR) is 94.7 cm³/mol. The number of alkyl halides is 3. The monoisotopic (exact) mass is 415 g/mol. The molecule has 0 aromatic heterocycles. The molecular weight excluding hydrogens is 399 g/mol. The largest absolute Gasteiger partial charge is 0.501 e. The van der Waals surface area contributed by atoms with Gasteiger partial charge in [0.05, 0.1) is 17.1 Å². The van der Waals surface area contributed by atoms with Crippen molar-refractivity contribution in [3.63, 3.8) is 0 Å². The fourth-order valence-electron chi connectivity index (χ4n) is 2.09. The van der Waals surface area contributed by atoms with Crippen molar-refractivity contribution in [3.8, 4) is 0 Å². The Hall–Kier alpha value is -2.88. The number of carbonyl (C=O) groups is 2. The van der Waals surface area contributed by atoms with Gasteiger partial charge >= 0.3 is 11.5 Å². The van der Waals surface area contributed by atoms with E-state index >= 15 is 0 Å². The number of carbonyl (C=O) groups excluding carboxylic acids is 2. The predicted octanol–water partition coefficient (Wildman–Crippen LogP) is 3.80. The molecule has 0 radical (unpaired) electrons. The number of ether oxygens (including phenoxy) is 1. The normalized spacial score (nSPS) is 11.7. The number of hydrogen-bond donors (Lipinski definition) is 1. The second-order valence-corrected chi connectivity index (χ2v) is 7.58. The average Bonchev–Trinajstić information content (AvgIpc) is 2.65. The minimum absolute atomic E-state index is 0.0347. The van der Waals surface area contributed by atoms with Crippen LogP contribution in [0.25, 0.3) is 0 Å². The van der Waals surface area contributed by atoms with Crippen LogP contribution < -0.4 is 5.32 Å². The number of amides is 1. The summed E-state index contributed by atoms with van der Waals surface area (Å²) in [6, 6.07) is 9.20. The summed E-state index contributed by atoms with van der Waals surface area (Å²) < 4.78 is 65.2. The molecule has 1 N–H and O–H groups in total. The van der Waals surface area contributed by atoms with Crippen molar-refractivity contribution in [1.29, 1.82) is 0 Å². The molecule has 0 aliphatic carbocycles. The van der Waals surface area contributed by atoms with E-state index in [2.05, 4.69) is 5.32 Å². The van der Waals surface area contributed by atoms with Gasteiger partial charge in [0.2, 0.25) is 0 Å². The number of sulfone groups is 1. The molecule has 150 valence electrons. The van der Waals surface area contributed by atoms with Gasteiger partial charge in [-0.1, -0.05) is 6.92 Å². The summed E-state index contributed by atoms with van der Waals surface area (Å²) in [5.41, 5.74) is -4.82. The lowest BCUT2D eigenvalue weighted by Crippen LogP contribution is -2.23. The Labute approximate surface area is 159 Å². The minimum Gasteiger partial charge on any atom is -0.462 e. The lowest BCUT2D eigenvalue weighted by molar-refractivity contribution is -0.0436. The van der Waals surface area contributed by atoms with E-state index in [4.69, 9.17) is 4.74 Å². The first-order chi connectivity index (χ1) is 13.1. The molecule has 2 aromatic carbocycles. The Morgan fingerprint density at radius 3 is 2.00 bits per heavy atom. The number of anilines is 1. The lowest BCUT2D eigenvalue weighted by atomic mass is 10.2. The molecular formula is C18H16F3NO5S. The van der Waals surface area contributed by atoms with E-state index in [9.17, 15) is 31.2 Å². The number of esters is 1. The highest BCUT2D eigenvalue weighted by molar-refractivity contribution is 7.92. The zero-order valence-corrected chi connectivity index (χ0v) is 15.4. The van der Waals surface area contributed by atoms with E-state index in [1.807, 2.05) is 6.92 Å². The summed E-state index contributed by atoms with van der Waals surface area (Å²) in [5, 5.41) is 2.49. The van der Waals surface area contributed by atoms with Crippen molar-refractivity contribution >= 4 is 27.4 Å². The van der Waals surface area contributed by atoms with Crippen molar-refractivity contribution in [1.82, 2.24) is 0 Å². The topological polar surface area (TPSA) is 89.5 Å². The average molecular weight is 415 g/mol. The molecule has 0 bridgehead atoms. The van der Waals surface area contributed by atoms with Gasteiger partial charge in [0, 0.05) is 11.3 Å². The Morgan fingerprint density at radius 1 is 0.964 bits per heavy atom. The first-order valence-corrected chi connectivity index (χ1v) is 9.54. The summed E-state index contributed by atoms with van der Waals surface area (Å²) in [7, 11) is -5.47. The highest BCUT2D eigenvalue weighted by Crippen LogP contribution is 2.30. The summed E-state index contributed by atoms with van der Waals surface area (Å²) in [6.45, 7) is 2.15. The lowest BCUT2D eigenvalue weighted by Gasteiger charge is -2.09. The first kappa shape index (κ1) is 21.4. The molecule has 0 aliphatic heterocycles. The second-order valence-electron chi connectivity index (χ2n) is 5.64. The van der Waals surface area contributed by atoms with Crippen LogP contribution in [0.2, 0.25) is 0 Å². The molecule has 0 aliphatic rings. The third-order valence-electron chi connectivity index (χ3n) is 3.55. The van der Waals surface area contributed by atoms with Crippen LogP contribution in [0, 0.1) is 0 Å². The van der Waals surface area contributed by atoms with Crippen LogP contribution in [0.3, 0.4) is 0 Å². The molecule has 0 saturated heterocycles. The van der Waals surface area contributed by atoms with Crippen LogP contribution in [-0.4, -0.2) is 32.4 Å². The molecule has 0 spiro atoms. The van der Waals surface area contributed by atoms with E-state index in [1.165, 1.54) is 24.3 Å². The highest BCUT2D eigenvalue weighted by Gasteiger charge is 2.46. The Balaban J connectivity index is 2.08. The van der Waals surface area contributed by atoms with Crippen molar-refractivity contribution in [2.45, 2.75) is 23.7 Å². The van der Waals surface area contributed by atoms with Crippen molar-refractivity contribution in [2.24, 2.45) is 0 Å². The first-order valence-electron chi connectivity index (χ1n) is 8.06. The quantitative estimate of drug-likeness (QED) is 0.725. The van der Waals surface area contributed by atoms with E-state index in [0.29, 0.717) is 29.8 Å². The Morgan fingerprint density at radius 2 is 1.50 bits per heavy atom. The molecule has 6 nitrogen and oxygen atoms in total. The van der Waals surface area contributed by atoms with Gasteiger partial charge in [0.1, 0.15) is 0 Å². The summed E-state index contributed by atoms with van der Waals surface area (Å²) in [6.07, 6.45) is 0.683. The molecule has 10 heteroatoms. The molecule has 0 atom stereocenters. The molecule has 2 aromatic rings. The van der Waals surface area contributed by atoms with Crippen LogP contribution in [0.1, 0.15) is 34.1 Å². The molecule has 1 amide bonds. The summed E-state index contributed by atoms with van der Waals surface area (Å²) >= 11 is 0. The van der Waals surface area contributed by atoms with Gasteiger partial charge in [0.25, 0.3) is 15.7 Å². The maximum absolute atomic E-state index is 12.5. The van der Waals surface area contributed by atoms with Crippen LogP contribution in [0.4, 0.5) is 18.9 Å². The molecule has 0 fully saturated rings. The number of benzene rings is 2. The maximum atomic E-state index is 12.5. The molecule has 0 heterocycles. The van der Waals surface area contributed by atoms with Crippen LogP contribution >= 0.6 is 0 Å². The fraction of sp³-hybridized carbons (Fsp3) is 0.222. The molecule has 0 saturated carbocycles. The van der Waals surface area contributed by atoms with Crippen molar-refractivity contribution < 1.29 is 35.9 Å². The van der Waals surface area contributed by atoms with Crippen LogP contribution in [0.15, 0.2) is 53.4 Å². The van der Waals surface area contributed by atoms with Gasteiger partial charge in [-0.2, -0.15) is 13.2 Å². The van der Waals surface area contributed by atoms with Gasteiger partial charge < -0.3 is 10.1 Å². The van der Waals surface area contributed by atoms with Crippen LogP contribution in [0.5, 0.6) is 0 Å². The van der Waals surface area contributed by atoms with Gasteiger partial charge in [-0.25, -0.2) is 13.2 Å². The fourth-order valence-corrected chi connectivity index (χ4v) is 2.85. The SMILES string of the molecule is CCCOC(=O)c1ccc(NC(=O)c2ccc(S(=O)(=O)C(F)(F)F)cc2)cc1. The molecule has 2 rings (SSSR count). The summed E-state index contributed by atoms with van der Waals surface area (Å²) in [5.74, 6) is -1.15. The van der Waals surface area contributed by atoms with E-state index in [0.717, 1.165) is 12.1 Å². The van der Waals surface area contributed by atoms with E-state index in [1.54, 1.807) is 0 Å². The Bertz CT molecular complexity index is 952. The second kappa shape index (κ2) is 8.42. The number of hydrogen-bond acceptors (Lipinski definition) is 5. The smallest absolute Gasteiger partial charge is 0.462 e. The summed E-state index contributed by atoms with van der Waals surface area (Å²) in [4.78, 5) is 22.9. The minimum atomic E-state index is -5.47. The molecule has 0 unspecified atom stereocenters. The highest BCUT2D eigenvalue weighted by atomic mass is 32.2. The van der Waals surface area contributed by atoms with Gasteiger partial charge in [-0.05, 0) is 55.0 Å². The van der Waals surface area contributed by atoms with Crippen molar-refractivity contribution in [3.05, 3.63) is 59.7 Å². The van der Waals surface area contributed by atoms with Gasteiger partial charge in [-0.3, -0.25) is 4.79 Å². The van der Waals surface area contributed by atoms with Crippen LogP contribution in [-0.2, 0) is 14.6 Å². The van der Waals surface area contributed by atoms with Gasteiger partial charge in [-0.15, -0.1) is 0 Å². The zero-order chi connectivity index (χ0) is 20.9. The maximum Gasteiger partial charge on any atom is 0.501 e. The zero-order valence-electron chi connectivity index (χ0n) is 14.6. The van der Waals surface area contributed by atoms with Crippen molar-refractivity contribution in [2.75, 3.05) is 11.9 Å². The number of halogens is 3. The van der Waals surface area contributed by atoms with E-state index < -0.39 is 32.1 Å².